The van der Waals surface area contributed by atoms with E-state index in [4.69, 9.17) is 9.47 Å². The Morgan fingerprint density at radius 1 is 1.00 bits per heavy atom. The van der Waals surface area contributed by atoms with E-state index in [1.165, 1.54) is 6.92 Å². The van der Waals surface area contributed by atoms with Gasteiger partial charge in [-0.1, -0.05) is 12.1 Å². The van der Waals surface area contributed by atoms with Crippen molar-refractivity contribution in [2.75, 3.05) is 12.4 Å². The number of anilines is 1. The van der Waals surface area contributed by atoms with Crippen molar-refractivity contribution in [1.82, 2.24) is 5.32 Å². The van der Waals surface area contributed by atoms with Crippen LogP contribution in [0.1, 0.15) is 13.8 Å². The van der Waals surface area contributed by atoms with Gasteiger partial charge in [0.2, 0.25) is 11.8 Å². The van der Waals surface area contributed by atoms with E-state index in [1.807, 2.05) is 24.3 Å². The summed E-state index contributed by atoms with van der Waals surface area (Å²) in [6.07, 6.45) is 0. The van der Waals surface area contributed by atoms with E-state index in [9.17, 15) is 9.59 Å². The van der Waals surface area contributed by atoms with Crippen LogP contribution in [0.4, 0.5) is 5.69 Å². The van der Waals surface area contributed by atoms with Crippen LogP contribution in [0.15, 0.2) is 48.5 Å². The molecule has 126 valence electrons. The fraction of sp³-hybridized carbons (Fsp3) is 0.222. The minimum Gasteiger partial charge on any atom is -0.493 e. The molecular formula is C18H20N2O4. The van der Waals surface area contributed by atoms with E-state index in [0.29, 0.717) is 22.9 Å². The maximum atomic E-state index is 11.9. The van der Waals surface area contributed by atoms with Gasteiger partial charge in [0.15, 0.2) is 11.5 Å². The van der Waals surface area contributed by atoms with E-state index in [0.717, 1.165) is 0 Å². The first-order chi connectivity index (χ1) is 11.5. The van der Waals surface area contributed by atoms with Gasteiger partial charge in [-0.05, 0) is 43.3 Å². The molecule has 2 aromatic rings. The number of carbonyl (C=O) groups excluding carboxylic acids is 2. The second-order valence-corrected chi connectivity index (χ2v) is 5.19. The molecular weight excluding hydrogens is 308 g/mol. The van der Waals surface area contributed by atoms with Crippen molar-refractivity contribution in [3.05, 3.63) is 48.5 Å². The quantitative estimate of drug-likeness (QED) is 0.855. The van der Waals surface area contributed by atoms with Crippen molar-refractivity contribution in [1.29, 1.82) is 0 Å². The third kappa shape index (κ3) is 4.74. The molecule has 0 aliphatic rings. The lowest BCUT2D eigenvalue weighted by atomic mass is 10.2. The number of hydrogen-bond acceptors (Lipinski definition) is 4. The Balaban J connectivity index is 2.00. The number of amides is 2. The Kier molecular flexibility index (Phi) is 5.78. The fourth-order valence-corrected chi connectivity index (χ4v) is 2.06. The van der Waals surface area contributed by atoms with E-state index >= 15 is 0 Å². The first-order valence-electron chi connectivity index (χ1n) is 7.48. The molecule has 0 saturated carbocycles. The van der Waals surface area contributed by atoms with E-state index < -0.39 is 6.04 Å². The molecule has 0 aliphatic heterocycles. The summed E-state index contributed by atoms with van der Waals surface area (Å²) in [5.41, 5.74) is 0.615. The van der Waals surface area contributed by atoms with Gasteiger partial charge in [0.05, 0.1) is 7.11 Å². The van der Waals surface area contributed by atoms with Crippen molar-refractivity contribution >= 4 is 17.5 Å². The van der Waals surface area contributed by atoms with Crippen molar-refractivity contribution in [2.24, 2.45) is 0 Å². The van der Waals surface area contributed by atoms with Gasteiger partial charge in [-0.2, -0.15) is 0 Å². The molecule has 2 N–H and O–H groups in total. The van der Waals surface area contributed by atoms with Gasteiger partial charge in [0.1, 0.15) is 11.8 Å². The number of para-hydroxylation sites is 2. The van der Waals surface area contributed by atoms with Crippen LogP contribution in [0.25, 0.3) is 0 Å². The lowest BCUT2D eigenvalue weighted by molar-refractivity contribution is -0.124. The zero-order valence-corrected chi connectivity index (χ0v) is 13.8. The van der Waals surface area contributed by atoms with Crippen LogP contribution in [-0.4, -0.2) is 25.0 Å². The average Bonchev–Trinajstić information content (AvgIpc) is 2.56. The summed E-state index contributed by atoms with van der Waals surface area (Å²) in [5.74, 6) is 1.32. The molecule has 6 nitrogen and oxygen atoms in total. The Morgan fingerprint density at radius 3 is 2.21 bits per heavy atom. The molecule has 2 amide bonds. The maximum Gasteiger partial charge on any atom is 0.246 e. The van der Waals surface area contributed by atoms with Crippen molar-refractivity contribution < 1.29 is 19.1 Å². The Bertz CT molecular complexity index is 713. The molecule has 2 aromatic carbocycles. The van der Waals surface area contributed by atoms with Crippen molar-refractivity contribution in [2.45, 2.75) is 19.9 Å². The van der Waals surface area contributed by atoms with Gasteiger partial charge in [-0.25, -0.2) is 0 Å². The number of methoxy groups -OCH3 is 1. The highest BCUT2D eigenvalue weighted by Gasteiger charge is 2.13. The Morgan fingerprint density at radius 2 is 1.62 bits per heavy atom. The van der Waals surface area contributed by atoms with E-state index in [2.05, 4.69) is 10.6 Å². The number of benzene rings is 2. The summed E-state index contributed by atoms with van der Waals surface area (Å²) in [4.78, 5) is 22.9. The van der Waals surface area contributed by atoms with Crippen LogP contribution in [0, 0.1) is 0 Å². The highest BCUT2D eigenvalue weighted by Crippen LogP contribution is 2.31. The number of carbonyl (C=O) groups is 2. The monoisotopic (exact) mass is 328 g/mol. The topological polar surface area (TPSA) is 76.7 Å². The smallest absolute Gasteiger partial charge is 0.246 e. The van der Waals surface area contributed by atoms with E-state index in [-0.39, 0.29) is 11.8 Å². The van der Waals surface area contributed by atoms with Gasteiger partial charge in [0.25, 0.3) is 0 Å². The van der Waals surface area contributed by atoms with Crippen LogP contribution < -0.4 is 20.1 Å². The molecule has 0 aliphatic carbocycles. The molecule has 0 heterocycles. The summed E-state index contributed by atoms with van der Waals surface area (Å²) in [6.45, 7) is 2.99. The maximum absolute atomic E-state index is 11.9. The SMILES string of the molecule is COc1ccccc1Oc1ccc(NC(=O)C(C)NC(C)=O)cc1. The van der Waals surface area contributed by atoms with Gasteiger partial charge < -0.3 is 20.1 Å². The largest absolute Gasteiger partial charge is 0.493 e. The summed E-state index contributed by atoms with van der Waals surface area (Å²) in [6, 6.07) is 13.7. The number of rotatable bonds is 6. The van der Waals surface area contributed by atoms with Crippen LogP contribution >= 0.6 is 0 Å². The minimum atomic E-state index is -0.605. The highest BCUT2D eigenvalue weighted by atomic mass is 16.5. The summed E-state index contributed by atoms with van der Waals surface area (Å²) < 4.78 is 11.0. The zero-order valence-electron chi connectivity index (χ0n) is 13.8. The second-order valence-electron chi connectivity index (χ2n) is 5.19. The second kappa shape index (κ2) is 8.01. The normalized spacial score (nSPS) is 11.3. The molecule has 1 atom stereocenters. The van der Waals surface area contributed by atoms with E-state index in [1.54, 1.807) is 38.3 Å². The number of ether oxygens (including phenoxy) is 2. The van der Waals surface area contributed by atoms with Gasteiger partial charge in [-0.15, -0.1) is 0 Å². The third-order valence-corrected chi connectivity index (χ3v) is 3.23. The van der Waals surface area contributed by atoms with Crippen LogP contribution in [0.3, 0.4) is 0 Å². The minimum absolute atomic E-state index is 0.252. The number of nitrogens with one attached hydrogen (secondary N) is 2. The molecule has 0 bridgehead atoms. The molecule has 6 heteroatoms. The average molecular weight is 328 g/mol. The van der Waals surface area contributed by atoms with Crippen LogP contribution in [0.2, 0.25) is 0 Å². The summed E-state index contributed by atoms with van der Waals surface area (Å²) in [5, 5.41) is 5.26. The first-order valence-corrected chi connectivity index (χ1v) is 7.48. The number of hydrogen-bond donors (Lipinski definition) is 2. The lowest BCUT2D eigenvalue weighted by Gasteiger charge is -2.13. The standard InChI is InChI=1S/C18H20N2O4/c1-12(19-13(2)21)18(22)20-14-8-10-15(11-9-14)24-17-7-5-4-6-16(17)23-3/h4-12H,1-3H3,(H,19,21)(H,20,22). The lowest BCUT2D eigenvalue weighted by Crippen LogP contribution is -2.40. The molecule has 0 aromatic heterocycles. The predicted molar refractivity (Wildman–Crippen MR) is 91.4 cm³/mol. The molecule has 0 fully saturated rings. The molecule has 2 rings (SSSR count). The molecule has 24 heavy (non-hydrogen) atoms. The summed E-state index contributed by atoms with van der Waals surface area (Å²) in [7, 11) is 1.58. The molecule has 1 unspecified atom stereocenters. The fourth-order valence-electron chi connectivity index (χ4n) is 2.06. The molecule has 0 radical (unpaired) electrons. The highest BCUT2D eigenvalue weighted by molar-refractivity contribution is 5.96. The first kappa shape index (κ1) is 17.3. The molecule has 0 saturated heterocycles. The van der Waals surface area contributed by atoms with Gasteiger partial charge in [-0.3, -0.25) is 9.59 Å². The van der Waals surface area contributed by atoms with Crippen LogP contribution in [-0.2, 0) is 9.59 Å². The Labute approximate surface area is 140 Å². The van der Waals surface area contributed by atoms with Crippen molar-refractivity contribution in [3.63, 3.8) is 0 Å². The van der Waals surface area contributed by atoms with Gasteiger partial charge in [0, 0.05) is 12.6 Å². The van der Waals surface area contributed by atoms with Crippen molar-refractivity contribution in [3.8, 4) is 17.2 Å². The summed E-state index contributed by atoms with van der Waals surface area (Å²) >= 11 is 0. The zero-order chi connectivity index (χ0) is 17.5. The predicted octanol–water partition coefficient (Wildman–Crippen LogP) is 2.95. The third-order valence-electron chi connectivity index (χ3n) is 3.23. The van der Waals surface area contributed by atoms with Crippen LogP contribution in [0.5, 0.6) is 17.2 Å². The Hall–Kier alpha value is -3.02. The van der Waals surface area contributed by atoms with Gasteiger partial charge >= 0.3 is 0 Å². The molecule has 0 spiro atoms.